The number of piperazine rings is 1. The Morgan fingerprint density at radius 1 is 1.15 bits per heavy atom. The first kappa shape index (κ1) is 19.2. The minimum absolute atomic E-state index is 0.116. The Balaban J connectivity index is 1.60. The first-order valence-corrected chi connectivity index (χ1v) is 9.18. The van der Waals surface area contributed by atoms with E-state index in [9.17, 15) is 9.18 Å². The second-order valence-electron chi connectivity index (χ2n) is 6.82. The number of rotatable bonds is 5. The molecule has 0 spiro atoms. The van der Waals surface area contributed by atoms with Gasteiger partial charge in [0.15, 0.2) is 0 Å². The molecule has 5 nitrogen and oxygen atoms in total. The summed E-state index contributed by atoms with van der Waals surface area (Å²) in [6, 6.07) is 12.1. The molecule has 1 aliphatic heterocycles. The first-order chi connectivity index (χ1) is 13.0. The van der Waals surface area contributed by atoms with E-state index >= 15 is 0 Å². The summed E-state index contributed by atoms with van der Waals surface area (Å²) >= 11 is 0. The van der Waals surface area contributed by atoms with Crippen molar-refractivity contribution in [1.29, 1.82) is 0 Å². The molecule has 0 aromatic heterocycles. The van der Waals surface area contributed by atoms with Gasteiger partial charge in [0.1, 0.15) is 11.6 Å². The van der Waals surface area contributed by atoms with Crippen molar-refractivity contribution in [2.45, 2.75) is 19.9 Å². The second-order valence-corrected chi connectivity index (χ2v) is 6.82. The molecular weight excluding hydrogens is 345 g/mol. The number of anilines is 2. The monoisotopic (exact) mass is 371 g/mol. The standard InChI is InChI=1S/C21H26FN3O2/c1-15-8-9-17(22)14-18(15)23-21(26)16(2)24-10-12-25(13-11-24)19-6-4-5-7-20(19)27-3/h4-9,14,16H,10-13H2,1-3H3,(H,23,26)/t16-/m0/s1. The molecule has 0 saturated carbocycles. The van der Waals surface area contributed by atoms with Crippen LogP contribution in [0.5, 0.6) is 5.75 Å². The molecule has 27 heavy (non-hydrogen) atoms. The van der Waals surface area contributed by atoms with Crippen LogP contribution >= 0.6 is 0 Å². The number of ether oxygens (including phenoxy) is 1. The third kappa shape index (κ3) is 4.39. The lowest BCUT2D eigenvalue weighted by Gasteiger charge is -2.38. The van der Waals surface area contributed by atoms with Gasteiger partial charge in [-0.25, -0.2) is 4.39 Å². The first-order valence-electron chi connectivity index (χ1n) is 9.18. The molecule has 0 unspecified atom stereocenters. The van der Waals surface area contributed by atoms with Gasteiger partial charge in [-0.15, -0.1) is 0 Å². The number of carbonyl (C=O) groups is 1. The predicted molar refractivity (Wildman–Crippen MR) is 106 cm³/mol. The normalized spacial score (nSPS) is 16.1. The van der Waals surface area contributed by atoms with Crippen LogP contribution in [-0.4, -0.2) is 50.1 Å². The van der Waals surface area contributed by atoms with Gasteiger partial charge >= 0.3 is 0 Å². The Labute approximate surface area is 159 Å². The maximum absolute atomic E-state index is 13.4. The van der Waals surface area contributed by atoms with Gasteiger partial charge in [0.05, 0.1) is 18.8 Å². The van der Waals surface area contributed by atoms with E-state index < -0.39 is 0 Å². The average Bonchev–Trinajstić information content (AvgIpc) is 2.70. The quantitative estimate of drug-likeness (QED) is 0.876. The third-order valence-electron chi connectivity index (χ3n) is 5.12. The zero-order chi connectivity index (χ0) is 19.4. The molecule has 2 aromatic carbocycles. The molecule has 1 amide bonds. The van der Waals surface area contributed by atoms with Gasteiger partial charge in [0, 0.05) is 31.9 Å². The number of methoxy groups -OCH3 is 1. The lowest BCUT2D eigenvalue weighted by molar-refractivity contribution is -0.120. The molecule has 1 fully saturated rings. The highest BCUT2D eigenvalue weighted by Gasteiger charge is 2.26. The molecule has 0 aliphatic carbocycles. The highest BCUT2D eigenvalue weighted by atomic mass is 19.1. The molecule has 0 radical (unpaired) electrons. The number of benzene rings is 2. The van der Waals surface area contributed by atoms with E-state index in [1.807, 2.05) is 32.0 Å². The van der Waals surface area contributed by atoms with Crippen LogP contribution in [0.15, 0.2) is 42.5 Å². The van der Waals surface area contributed by atoms with Gasteiger partial charge in [0.25, 0.3) is 0 Å². The minimum Gasteiger partial charge on any atom is -0.495 e. The summed E-state index contributed by atoms with van der Waals surface area (Å²) in [4.78, 5) is 17.0. The maximum atomic E-state index is 13.4. The fourth-order valence-corrected chi connectivity index (χ4v) is 3.37. The molecule has 1 saturated heterocycles. The smallest absolute Gasteiger partial charge is 0.241 e. The van der Waals surface area contributed by atoms with Crippen LogP contribution < -0.4 is 15.0 Å². The number of nitrogens with zero attached hydrogens (tertiary/aromatic N) is 2. The number of halogens is 1. The Kier molecular flexibility index (Phi) is 5.96. The Bertz CT molecular complexity index is 804. The molecule has 144 valence electrons. The maximum Gasteiger partial charge on any atom is 0.241 e. The number of para-hydroxylation sites is 2. The summed E-state index contributed by atoms with van der Waals surface area (Å²) in [6.45, 7) is 6.92. The molecule has 1 atom stereocenters. The van der Waals surface area contributed by atoms with E-state index in [1.54, 1.807) is 13.2 Å². The predicted octanol–water partition coefficient (Wildman–Crippen LogP) is 3.29. The molecular formula is C21H26FN3O2. The lowest BCUT2D eigenvalue weighted by Crippen LogP contribution is -2.52. The summed E-state index contributed by atoms with van der Waals surface area (Å²) in [6.07, 6.45) is 0. The van der Waals surface area contributed by atoms with Gasteiger partial charge in [-0.2, -0.15) is 0 Å². The summed E-state index contributed by atoms with van der Waals surface area (Å²) < 4.78 is 18.9. The highest BCUT2D eigenvalue weighted by Crippen LogP contribution is 2.28. The number of amides is 1. The van der Waals surface area contributed by atoms with E-state index in [0.717, 1.165) is 43.2 Å². The van der Waals surface area contributed by atoms with Crippen molar-refractivity contribution in [3.8, 4) is 5.75 Å². The van der Waals surface area contributed by atoms with Crippen LogP contribution in [0.2, 0.25) is 0 Å². The number of hydrogen-bond acceptors (Lipinski definition) is 4. The highest BCUT2D eigenvalue weighted by molar-refractivity contribution is 5.95. The third-order valence-corrected chi connectivity index (χ3v) is 5.12. The van der Waals surface area contributed by atoms with E-state index in [1.165, 1.54) is 12.1 Å². The van der Waals surface area contributed by atoms with Crippen LogP contribution in [0.1, 0.15) is 12.5 Å². The van der Waals surface area contributed by atoms with Crippen molar-refractivity contribution in [1.82, 2.24) is 4.90 Å². The lowest BCUT2D eigenvalue weighted by atomic mass is 10.1. The Morgan fingerprint density at radius 3 is 2.56 bits per heavy atom. The zero-order valence-electron chi connectivity index (χ0n) is 16.0. The van der Waals surface area contributed by atoms with Crippen LogP contribution in [0.3, 0.4) is 0 Å². The number of hydrogen-bond donors (Lipinski definition) is 1. The topological polar surface area (TPSA) is 44.8 Å². The van der Waals surface area contributed by atoms with Gasteiger partial charge in [-0.05, 0) is 43.7 Å². The van der Waals surface area contributed by atoms with Crippen molar-refractivity contribution in [3.05, 3.63) is 53.8 Å². The second kappa shape index (κ2) is 8.39. The van der Waals surface area contributed by atoms with Crippen molar-refractivity contribution in [2.24, 2.45) is 0 Å². The molecule has 0 bridgehead atoms. The summed E-state index contributed by atoms with van der Waals surface area (Å²) in [5, 5.41) is 2.86. The van der Waals surface area contributed by atoms with Crippen LogP contribution in [-0.2, 0) is 4.79 Å². The number of carbonyl (C=O) groups excluding carboxylic acids is 1. The fraction of sp³-hybridized carbons (Fsp3) is 0.381. The minimum atomic E-state index is -0.353. The Morgan fingerprint density at radius 2 is 1.85 bits per heavy atom. The number of aryl methyl sites for hydroxylation is 1. The zero-order valence-corrected chi connectivity index (χ0v) is 16.0. The molecule has 1 aliphatic rings. The molecule has 1 N–H and O–H groups in total. The summed E-state index contributed by atoms with van der Waals surface area (Å²) in [7, 11) is 1.68. The largest absolute Gasteiger partial charge is 0.495 e. The van der Waals surface area contributed by atoms with Gasteiger partial charge in [-0.1, -0.05) is 18.2 Å². The van der Waals surface area contributed by atoms with Crippen molar-refractivity contribution in [3.63, 3.8) is 0 Å². The SMILES string of the molecule is COc1ccccc1N1CCN([C@@H](C)C(=O)Nc2cc(F)ccc2C)CC1. The van der Waals surface area contributed by atoms with Crippen LogP contribution in [0.25, 0.3) is 0 Å². The van der Waals surface area contributed by atoms with Gasteiger partial charge < -0.3 is 15.0 Å². The molecule has 1 heterocycles. The van der Waals surface area contributed by atoms with E-state index in [-0.39, 0.29) is 17.8 Å². The number of nitrogens with one attached hydrogen (secondary N) is 1. The van der Waals surface area contributed by atoms with E-state index in [0.29, 0.717) is 5.69 Å². The summed E-state index contributed by atoms with van der Waals surface area (Å²) in [5.41, 5.74) is 2.45. The average molecular weight is 371 g/mol. The van der Waals surface area contributed by atoms with Crippen LogP contribution in [0.4, 0.5) is 15.8 Å². The van der Waals surface area contributed by atoms with Crippen molar-refractivity contribution < 1.29 is 13.9 Å². The van der Waals surface area contributed by atoms with Crippen LogP contribution in [0, 0.1) is 12.7 Å². The van der Waals surface area contributed by atoms with E-state index in [2.05, 4.69) is 21.2 Å². The van der Waals surface area contributed by atoms with Crippen molar-refractivity contribution in [2.75, 3.05) is 43.5 Å². The Hall–Kier alpha value is -2.60. The fourth-order valence-electron chi connectivity index (χ4n) is 3.37. The molecule has 2 aromatic rings. The molecule has 3 rings (SSSR count). The van der Waals surface area contributed by atoms with E-state index in [4.69, 9.17) is 4.74 Å². The van der Waals surface area contributed by atoms with Gasteiger partial charge in [-0.3, -0.25) is 9.69 Å². The van der Waals surface area contributed by atoms with Crippen molar-refractivity contribution >= 4 is 17.3 Å². The van der Waals surface area contributed by atoms with Gasteiger partial charge in [0.2, 0.25) is 5.91 Å². The summed E-state index contributed by atoms with van der Waals surface area (Å²) in [5.74, 6) is 0.390. The molecule has 6 heteroatoms.